The fourth-order valence-electron chi connectivity index (χ4n) is 1.66. The molecule has 0 fully saturated rings. The second kappa shape index (κ2) is 4.26. The van der Waals surface area contributed by atoms with Gasteiger partial charge in [-0.15, -0.1) is 22.7 Å². The first-order valence-corrected chi connectivity index (χ1v) is 7.09. The smallest absolute Gasteiger partial charge is 0.214 e. The molecule has 0 aliphatic rings. The molecule has 0 radical (unpaired) electrons. The predicted molar refractivity (Wildman–Crippen MR) is 74.6 cm³/mol. The second-order valence-corrected chi connectivity index (χ2v) is 5.98. The molecule has 0 aliphatic heterocycles. The minimum atomic E-state index is 0.0196. The summed E-state index contributed by atoms with van der Waals surface area (Å²) >= 11 is 8.88. The summed E-state index contributed by atoms with van der Waals surface area (Å²) in [5.74, 6) is 0.0196. The molecule has 2 aromatic heterocycles. The van der Waals surface area contributed by atoms with Crippen molar-refractivity contribution in [3.05, 3.63) is 56.6 Å². The lowest BCUT2D eigenvalue weighted by Crippen LogP contribution is -1.95. The Hall–Kier alpha value is -1.16. The van der Waals surface area contributed by atoms with Crippen molar-refractivity contribution in [2.75, 3.05) is 0 Å². The molecular formula is C13H7ClOS2. The van der Waals surface area contributed by atoms with Gasteiger partial charge in [-0.05, 0) is 29.0 Å². The molecule has 0 saturated carbocycles. The van der Waals surface area contributed by atoms with Crippen LogP contribution < -0.4 is 0 Å². The van der Waals surface area contributed by atoms with Gasteiger partial charge in [0, 0.05) is 4.70 Å². The molecule has 0 unspecified atom stereocenters. The number of carbonyl (C=O) groups excluding carboxylic acids is 1. The van der Waals surface area contributed by atoms with Crippen LogP contribution in [0.1, 0.15) is 14.5 Å². The number of hydrogen-bond donors (Lipinski definition) is 0. The Bertz CT molecular complexity index is 663. The van der Waals surface area contributed by atoms with E-state index in [0.29, 0.717) is 9.90 Å². The molecule has 2 heterocycles. The summed E-state index contributed by atoms with van der Waals surface area (Å²) in [6, 6.07) is 11.7. The highest BCUT2D eigenvalue weighted by Gasteiger charge is 2.16. The molecule has 0 amide bonds. The summed E-state index contributed by atoms with van der Waals surface area (Å²) < 4.78 is 1.13. The van der Waals surface area contributed by atoms with Crippen molar-refractivity contribution in [2.24, 2.45) is 0 Å². The van der Waals surface area contributed by atoms with Gasteiger partial charge in [-0.2, -0.15) is 0 Å². The Morgan fingerprint density at radius 1 is 1.18 bits per heavy atom. The van der Waals surface area contributed by atoms with Crippen molar-refractivity contribution in [2.45, 2.75) is 0 Å². The molecule has 0 bridgehead atoms. The standard InChI is InChI=1S/C13H7ClOS2/c14-9-5-6-16-13(9)12(15)11-7-8-3-1-2-4-10(8)17-11/h1-7H. The summed E-state index contributed by atoms with van der Waals surface area (Å²) in [7, 11) is 0. The van der Waals surface area contributed by atoms with Crippen molar-refractivity contribution in [3.63, 3.8) is 0 Å². The zero-order valence-electron chi connectivity index (χ0n) is 8.64. The third-order valence-corrected chi connectivity index (χ3v) is 4.93. The zero-order valence-corrected chi connectivity index (χ0v) is 11.0. The van der Waals surface area contributed by atoms with Gasteiger partial charge in [0.25, 0.3) is 0 Å². The quantitative estimate of drug-likeness (QED) is 0.613. The Kier molecular flexibility index (Phi) is 2.74. The van der Waals surface area contributed by atoms with E-state index in [9.17, 15) is 4.79 Å². The number of rotatable bonds is 2. The molecule has 0 saturated heterocycles. The van der Waals surface area contributed by atoms with Crippen LogP contribution in [0.2, 0.25) is 5.02 Å². The summed E-state index contributed by atoms with van der Waals surface area (Å²) in [6.07, 6.45) is 0. The van der Waals surface area contributed by atoms with E-state index >= 15 is 0 Å². The van der Waals surface area contributed by atoms with Crippen LogP contribution in [0.5, 0.6) is 0 Å². The van der Waals surface area contributed by atoms with Crippen LogP contribution in [-0.2, 0) is 0 Å². The normalized spacial score (nSPS) is 10.9. The Balaban J connectivity index is 2.10. The zero-order chi connectivity index (χ0) is 11.8. The first-order valence-electron chi connectivity index (χ1n) is 5.02. The molecule has 3 aromatic rings. The monoisotopic (exact) mass is 278 g/mol. The number of benzene rings is 1. The topological polar surface area (TPSA) is 17.1 Å². The number of carbonyl (C=O) groups is 1. The molecule has 0 spiro atoms. The van der Waals surface area contributed by atoms with Gasteiger partial charge in [0.05, 0.1) is 14.8 Å². The fraction of sp³-hybridized carbons (Fsp3) is 0. The summed E-state index contributed by atoms with van der Waals surface area (Å²) in [5, 5.41) is 3.48. The number of ketones is 1. The predicted octanol–water partition coefficient (Wildman–Crippen LogP) is 4.85. The molecular weight excluding hydrogens is 272 g/mol. The number of halogens is 1. The van der Waals surface area contributed by atoms with Gasteiger partial charge in [-0.25, -0.2) is 0 Å². The Morgan fingerprint density at radius 2 is 2.00 bits per heavy atom. The molecule has 1 nitrogen and oxygen atoms in total. The molecule has 0 atom stereocenters. The highest BCUT2D eigenvalue weighted by atomic mass is 35.5. The lowest BCUT2D eigenvalue weighted by atomic mass is 10.2. The van der Waals surface area contributed by atoms with E-state index in [0.717, 1.165) is 15.0 Å². The molecule has 17 heavy (non-hydrogen) atoms. The average Bonchev–Trinajstić information content (AvgIpc) is 2.93. The first-order chi connectivity index (χ1) is 8.25. The van der Waals surface area contributed by atoms with Gasteiger partial charge in [0.15, 0.2) is 0 Å². The molecule has 3 rings (SSSR count). The second-order valence-electron chi connectivity index (χ2n) is 3.58. The number of hydrogen-bond acceptors (Lipinski definition) is 3. The highest BCUT2D eigenvalue weighted by Crippen LogP contribution is 2.31. The number of thiophene rings is 2. The first kappa shape index (κ1) is 11.0. The van der Waals surface area contributed by atoms with Crippen molar-refractivity contribution < 1.29 is 4.79 Å². The third kappa shape index (κ3) is 1.90. The van der Waals surface area contributed by atoms with E-state index in [4.69, 9.17) is 11.6 Å². The highest BCUT2D eigenvalue weighted by molar-refractivity contribution is 7.22. The molecule has 4 heteroatoms. The summed E-state index contributed by atoms with van der Waals surface area (Å²) in [4.78, 5) is 13.6. The van der Waals surface area contributed by atoms with Crippen molar-refractivity contribution >= 4 is 50.1 Å². The van der Waals surface area contributed by atoms with E-state index in [-0.39, 0.29) is 5.78 Å². The van der Waals surface area contributed by atoms with Crippen LogP contribution in [0.4, 0.5) is 0 Å². The van der Waals surface area contributed by atoms with Crippen molar-refractivity contribution in [3.8, 4) is 0 Å². The molecule has 84 valence electrons. The van der Waals surface area contributed by atoms with E-state index in [1.807, 2.05) is 35.7 Å². The van der Waals surface area contributed by atoms with E-state index in [1.54, 1.807) is 6.07 Å². The molecule has 1 aromatic carbocycles. The van der Waals surface area contributed by atoms with Crippen LogP contribution in [0.25, 0.3) is 10.1 Å². The van der Waals surface area contributed by atoms with Gasteiger partial charge >= 0.3 is 0 Å². The third-order valence-electron chi connectivity index (χ3n) is 2.47. The minimum Gasteiger partial charge on any atom is -0.287 e. The van der Waals surface area contributed by atoms with Crippen LogP contribution in [0.3, 0.4) is 0 Å². The summed E-state index contributed by atoms with van der Waals surface area (Å²) in [6.45, 7) is 0. The van der Waals surface area contributed by atoms with Gasteiger partial charge in [0.2, 0.25) is 5.78 Å². The lowest BCUT2D eigenvalue weighted by Gasteiger charge is -1.93. The largest absolute Gasteiger partial charge is 0.287 e. The maximum Gasteiger partial charge on any atom is 0.214 e. The molecule has 0 aliphatic carbocycles. The maximum atomic E-state index is 12.2. The lowest BCUT2D eigenvalue weighted by molar-refractivity contribution is 0.104. The van der Waals surface area contributed by atoms with Gasteiger partial charge in [0.1, 0.15) is 0 Å². The van der Waals surface area contributed by atoms with Gasteiger partial charge in [-0.1, -0.05) is 29.8 Å². The van der Waals surface area contributed by atoms with Crippen molar-refractivity contribution in [1.82, 2.24) is 0 Å². The van der Waals surface area contributed by atoms with E-state index < -0.39 is 0 Å². The van der Waals surface area contributed by atoms with E-state index in [1.165, 1.54) is 22.7 Å². The fourth-order valence-corrected chi connectivity index (χ4v) is 3.83. The van der Waals surface area contributed by atoms with Crippen LogP contribution in [0, 0.1) is 0 Å². The summed E-state index contributed by atoms with van der Waals surface area (Å²) in [5.41, 5.74) is 0. The molecule has 0 N–H and O–H groups in total. The SMILES string of the molecule is O=C(c1cc2ccccc2s1)c1sccc1Cl. The average molecular weight is 279 g/mol. The van der Waals surface area contributed by atoms with Gasteiger partial charge < -0.3 is 0 Å². The Labute approximate surface area is 111 Å². The van der Waals surface area contributed by atoms with Crippen molar-refractivity contribution in [1.29, 1.82) is 0 Å². The minimum absolute atomic E-state index is 0.0196. The van der Waals surface area contributed by atoms with Crippen LogP contribution in [-0.4, -0.2) is 5.78 Å². The van der Waals surface area contributed by atoms with Crippen LogP contribution in [0.15, 0.2) is 41.8 Å². The van der Waals surface area contributed by atoms with Crippen LogP contribution >= 0.6 is 34.3 Å². The Morgan fingerprint density at radius 3 is 2.71 bits per heavy atom. The maximum absolute atomic E-state index is 12.2. The number of fused-ring (bicyclic) bond motifs is 1. The van der Waals surface area contributed by atoms with E-state index in [2.05, 4.69) is 0 Å². The van der Waals surface area contributed by atoms with Gasteiger partial charge in [-0.3, -0.25) is 4.79 Å².